The number of aromatic nitrogens is 1. The molecule has 7 aromatic rings. The first kappa shape index (κ1) is 18.7. The maximum Gasteiger partial charge on any atom is 0.0541 e. The zero-order chi connectivity index (χ0) is 23.4. The summed E-state index contributed by atoms with van der Waals surface area (Å²) in [4.78, 5) is 0. The molecule has 6 aromatic carbocycles. The fourth-order valence-corrected chi connectivity index (χ4v) is 6.94. The summed E-state index contributed by atoms with van der Waals surface area (Å²) in [6.45, 7) is 0. The van der Waals surface area contributed by atoms with Gasteiger partial charge in [-0.15, -0.1) is 0 Å². The molecule has 36 heavy (non-hydrogen) atoms. The molecule has 9 rings (SSSR count). The average molecular weight is 456 g/mol. The molecular formula is C35H21N. The molecule has 0 radical (unpaired) electrons. The average Bonchev–Trinajstić information content (AvgIpc) is 3.58. The molecule has 0 aliphatic heterocycles. The lowest BCUT2D eigenvalue weighted by atomic mass is 9.94. The molecule has 0 N–H and O–H groups in total. The molecular weight excluding hydrogens is 434 g/mol. The SMILES string of the molecule is c1ccc2c(c1)Cc1c-2ccc2c1-c1ccc(-n3c4ccccc4c4ccccc43)c3cccc-2c13. The monoisotopic (exact) mass is 455 g/mol. The summed E-state index contributed by atoms with van der Waals surface area (Å²) in [5.41, 5.74) is 15.0. The molecule has 1 nitrogen and oxygen atoms in total. The third kappa shape index (κ3) is 2.17. The Hall–Kier alpha value is -4.62. The normalized spacial score (nSPS) is 12.9. The van der Waals surface area contributed by atoms with Crippen LogP contribution < -0.4 is 0 Å². The summed E-state index contributed by atoms with van der Waals surface area (Å²) in [5, 5.41) is 5.30. The van der Waals surface area contributed by atoms with Gasteiger partial charge in [0.05, 0.1) is 16.7 Å². The van der Waals surface area contributed by atoms with Gasteiger partial charge in [-0.3, -0.25) is 0 Å². The Bertz CT molecular complexity index is 2020. The van der Waals surface area contributed by atoms with Gasteiger partial charge >= 0.3 is 0 Å². The highest BCUT2D eigenvalue weighted by Gasteiger charge is 2.30. The summed E-state index contributed by atoms with van der Waals surface area (Å²) in [7, 11) is 0. The van der Waals surface area contributed by atoms with Crippen molar-refractivity contribution in [2.75, 3.05) is 0 Å². The van der Waals surface area contributed by atoms with Crippen LogP contribution in [0.2, 0.25) is 0 Å². The van der Waals surface area contributed by atoms with Crippen LogP contribution >= 0.6 is 0 Å². The van der Waals surface area contributed by atoms with Gasteiger partial charge in [0, 0.05) is 16.2 Å². The lowest BCUT2D eigenvalue weighted by Crippen LogP contribution is -1.95. The van der Waals surface area contributed by atoms with Crippen molar-refractivity contribution in [3.05, 3.63) is 126 Å². The molecule has 0 spiro atoms. The number of hydrogen-bond donors (Lipinski definition) is 0. The van der Waals surface area contributed by atoms with Crippen LogP contribution in [0.25, 0.3) is 71.6 Å². The second kappa shape index (κ2) is 6.53. The molecule has 0 saturated carbocycles. The van der Waals surface area contributed by atoms with Crippen LogP contribution in [0.15, 0.2) is 115 Å². The highest BCUT2D eigenvalue weighted by atomic mass is 15.0. The van der Waals surface area contributed by atoms with Gasteiger partial charge in [-0.2, -0.15) is 0 Å². The smallest absolute Gasteiger partial charge is 0.0541 e. The third-order valence-corrected chi connectivity index (χ3v) is 8.39. The van der Waals surface area contributed by atoms with Crippen molar-refractivity contribution >= 4 is 32.6 Å². The van der Waals surface area contributed by atoms with Crippen LogP contribution in [0.5, 0.6) is 0 Å². The standard InChI is InChI=1S/C35H21N/c1-2-9-22-21(8-1)20-30-23(22)16-17-27-26-12-7-13-28-33(19-18-29(34(26)28)35(27)30)36-31-14-5-3-10-24(31)25-11-4-6-15-32(25)36/h1-19H,20H2. The fraction of sp³-hybridized carbons (Fsp3) is 0.0286. The second-order valence-corrected chi connectivity index (χ2v) is 10.1. The minimum absolute atomic E-state index is 1.01. The topological polar surface area (TPSA) is 4.93 Å². The van der Waals surface area contributed by atoms with Crippen LogP contribution in [0.1, 0.15) is 11.1 Å². The molecule has 2 aliphatic carbocycles. The second-order valence-electron chi connectivity index (χ2n) is 10.1. The maximum atomic E-state index is 2.46. The van der Waals surface area contributed by atoms with E-state index in [0.717, 1.165) is 6.42 Å². The summed E-state index contributed by atoms with van der Waals surface area (Å²) in [5.74, 6) is 0. The number of rotatable bonds is 1. The molecule has 166 valence electrons. The van der Waals surface area contributed by atoms with Crippen molar-refractivity contribution < 1.29 is 0 Å². The number of benzene rings is 6. The molecule has 2 aliphatic rings. The van der Waals surface area contributed by atoms with E-state index in [2.05, 4.69) is 120 Å². The summed E-state index contributed by atoms with van der Waals surface area (Å²) in [6, 6.07) is 42.7. The zero-order valence-electron chi connectivity index (χ0n) is 19.6. The van der Waals surface area contributed by atoms with E-state index in [4.69, 9.17) is 0 Å². The van der Waals surface area contributed by atoms with E-state index in [0.29, 0.717) is 0 Å². The zero-order valence-corrected chi connectivity index (χ0v) is 19.6. The summed E-state index contributed by atoms with van der Waals surface area (Å²) in [6.07, 6.45) is 1.01. The predicted molar refractivity (Wildman–Crippen MR) is 151 cm³/mol. The van der Waals surface area contributed by atoms with Crippen molar-refractivity contribution in [1.82, 2.24) is 4.57 Å². The van der Waals surface area contributed by atoms with E-state index >= 15 is 0 Å². The van der Waals surface area contributed by atoms with Crippen LogP contribution in [0, 0.1) is 0 Å². The van der Waals surface area contributed by atoms with Crippen molar-refractivity contribution in [3.63, 3.8) is 0 Å². The minimum Gasteiger partial charge on any atom is -0.309 e. The largest absolute Gasteiger partial charge is 0.309 e. The summed E-state index contributed by atoms with van der Waals surface area (Å²) >= 11 is 0. The minimum atomic E-state index is 1.01. The summed E-state index contributed by atoms with van der Waals surface area (Å²) < 4.78 is 2.46. The highest BCUT2D eigenvalue weighted by molar-refractivity contribution is 6.20. The first-order chi connectivity index (χ1) is 17.9. The molecule has 1 aromatic heterocycles. The lowest BCUT2D eigenvalue weighted by Gasteiger charge is -2.13. The highest BCUT2D eigenvalue weighted by Crippen LogP contribution is 2.54. The Kier molecular flexibility index (Phi) is 3.39. The number of fused-ring (bicyclic) bond motifs is 10. The Labute approximate surface area is 208 Å². The van der Waals surface area contributed by atoms with Crippen molar-refractivity contribution in [3.8, 4) is 39.1 Å². The van der Waals surface area contributed by atoms with Crippen molar-refractivity contribution in [2.45, 2.75) is 6.42 Å². The number of para-hydroxylation sites is 2. The first-order valence-corrected chi connectivity index (χ1v) is 12.7. The van der Waals surface area contributed by atoms with Gasteiger partial charge in [-0.1, -0.05) is 97.1 Å². The van der Waals surface area contributed by atoms with Gasteiger partial charge in [-0.05, 0) is 74.5 Å². The lowest BCUT2D eigenvalue weighted by molar-refractivity contribution is 1.20. The molecule has 0 saturated heterocycles. The van der Waals surface area contributed by atoms with Crippen LogP contribution in [-0.2, 0) is 6.42 Å². The first-order valence-electron chi connectivity index (χ1n) is 12.7. The number of nitrogens with zero attached hydrogens (tertiary/aromatic N) is 1. The Balaban J connectivity index is 1.37. The molecule has 1 heterocycles. The van der Waals surface area contributed by atoms with E-state index < -0.39 is 0 Å². The Morgan fingerprint density at radius 2 is 1.08 bits per heavy atom. The fourth-order valence-electron chi connectivity index (χ4n) is 6.94. The van der Waals surface area contributed by atoms with Crippen molar-refractivity contribution in [2.24, 2.45) is 0 Å². The van der Waals surface area contributed by atoms with E-state index in [1.807, 2.05) is 0 Å². The maximum absolute atomic E-state index is 2.46. The van der Waals surface area contributed by atoms with Gasteiger partial charge in [0.25, 0.3) is 0 Å². The molecule has 0 amide bonds. The third-order valence-electron chi connectivity index (χ3n) is 8.39. The van der Waals surface area contributed by atoms with E-state index in [9.17, 15) is 0 Å². The van der Waals surface area contributed by atoms with Crippen molar-refractivity contribution in [1.29, 1.82) is 0 Å². The molecule has 0 atom stereocenters. The predicted octanol–water partition coefficient (Wildman–Crippen LogP) is 9.16. The van der Waals surface area contributed by atoms with Gasteiger partial charge in [0.1, 0.15) is 0 Å². The quantitative estimate of drug-likeness (QED) is 0.232. The van der Waals surface area contributed by atoms with Gasteiger partial charge < -0.3 is 4.57 Å². The molecule has 0 unspecified atom stereocenters. The number of hydrogen-bond acceptors (Lipinski definition) is 0. The van der Waals surface area contributed by atoms with Crippen LogP contribution in [0.4, 0.5) is 0 Å². The van der Waals surface area contributed by atoms with Gasteiger partial charge in [-0.25, -0.2) is 0 Å². The van der Waals surface area contributed by atoms with E-state index in [1.165, 1.54) is 82.8 Å². The Morgan fingerprint density at radius 1 is 0.444 bits per heavy atom. The Morgan fingerprint density at radius 3 is 1.92 bits per heavy atom. The van der Waals surface area contributed by atoms with E-state index in [1.54, 1.807) is 0 Å². The van der Waals surface area contributed by atoms with Gasteiger partial charge in [0.15, 0.2) is 0 Å². The molecule has 0 bridgehead atoms. The van der Waals surface area contributed by atoms with E-state index in [-0.39, 0.29) is 0 Å². The van der Waals surface area contributed by atoms with Crippen LogP contribution in [-0.4, -0.2) is 4.57 Å². The molecule has 1 heteroatoms. The van der Waals surface area contributed by atoms with Crippen LogP contribution in [0.3, 0.4) is 0 Å². The van der Waals surface area contributed by atoms with Gasteiger partial charge in [0.2, 0.25) is 0 Å². The molecule has 0 fully saturated rings.